The van der Waals surface area contributed by atoms with Crippen molar-refractivity contribution < 1.29 is 4.79 Å². The van der Waals surface area contributed by atoms with E-state index in [1.165, 1.54) is 11.1 Å². The Morgan fingerprint density at radius 2 is 1.94 bits per heavy atom. The normalized spacial score (nSPS) is 18.2. The fraction of sp³-hybridized carbons (Fsp3) is 0.462. The third kappa shape index (κ3) is 2.13. The molecule has 2 amide bonds. The number of amides is 2. The van der Waals surface area contributed by atoms with Gasteiger partial charge in [-0.25, -0.2) is 4.79 Å². The Morgan fingerprint density at radius 3 is 2.76 bits per heavy atom. The van der Waals surface area contributed by atoms with Crippen LogP contribution >= 0.6 is 0 Å². The number of urea groups is 1. The largest absolute Gasteiger partial charge is 0.325 e. The Labute approximate surface area is 101 Å². The van der Waals surface area contributed by atoms with Crippen LogP contribution < -0.4 is 10.6 Å². The molecule has 1 saturated heterocycles. The Kier molecular flexibility index (Phi) is 2.73. The minimum Gasteiger partial charge on any atom is -0.325 e. The number of fused-ring (bicyclic) bond motifs is 1. The van der Waals surface area contributed by atoms with Crippen molar-refractivity contribution in [3.63, 3.8) is 0 Å². The third-order valence-electron chi connectivity index (χ3n) is 3.48. The highest BCUT2D eigenvalue weighted by atomic mass is 16.2. The molecule has 2 N–H and O–H groups in total. The number of likely N-dealkylation sites (tertiary alicyclic amines) is 1. The minimum atomic E-state index is 0.0356. The van der Waals surface area contributed by atoms with Gasteiger partial charge in [-0.3, -0.25) is 0 Å². The first kappa shape index (κ1) is 10.6. The van der Waals surface area contributed by atoms with Crippen LogP contribution in [-0.2, 0) is 13.1 Å². The van der Waals surface area contributed by atoms with E-state index in [2.05, 4.69) is 22.8 Å². The van der Waals surface area contributed by atoms with Gasteiger partial charge in [-0.05, 0) is 36.1 Å². The molecule has 0 radical (unpaired) electrons. The topological polar surface area (TPSA) is 44.4 Å². The van der Waals surface area contributed by atoms with Gasteiger partial charge in [-0.2, -0.15) is 0 Å². The van der Waals surface area contributed by atoms with Gasteiger partial charge >= 0.3 is 6.03 Å². The van der Waals surface area contributed by atoms with Crippen molar-refractivity contribution in [2.45, 2.75) is 25.9 Å². The van der Waals surface area contributed by atoms with Crippen LogP contribution in [0.1, 0.15) is 24.0 Å². The van der Waals surface area contributed by atoms with Gasteiger partial charge in [-0.15, -0.1) is 0 Å². The van der Waals surface area contributed by atoms with Crippen molar-refractivity contribution in [2.75, 3.05) is 18.4 Å². The second-order valence-electron chi connectivity index (χ2n) is 4.71. The second kappa shape index (κ2) is 4.37. The average Bonchev–Trinajstić information content (AvgIpc) is 2.99. The predicted octanol–water partition coefficient (Wildman–Crippen LogP) is 1.92. The van der Waals surface area contributed by atoms with E-state index in [4.69, 9.17) is 0 Å². The third-order valence-corrected chi connectivity index (χ3v) is 3.48. The van der Waals surface area contributed by atoms with E-state index < -0.39 is 0 Å². The van der Waals surface area contributed by atoms with E-state index in [-0.39, 0.29) is 6.03 Å². The molecule has 0 aromatic heterocycles. The standard InChI is InChI=1S/C13H17N3O/c17-13(16-5-1-2-6-16)15-12-4-3-10-8-14-9-11(10)7-12/h3-4,7,14H,1-2,5-6,8-9H2,(H,15,17). The number of hydrogen-bond acceptors (Lipinski definition) is 2. The summed E-state index contributed by atoms with van der Waals surface area (Å²) >= 11 is 0. The van der Waals surface area contributed by atoms with Crippen LogP contribution in [0.2, 0.25) is 0 Å². The molecule has 2 aliphatic rings. The van der Waals surface area contributed by atoms with Gasteiger partial charge in [0.25, 0.3) is 0 Å². The molecule has 4 nitrogen and oxygen atoms in total. The quantitative estimate of drug-likeness (QED) is 0.775. The van der Waals surface area contributed by atoms with Crippen LogP contribution in [0.3, 0.4) is 0 Å². The lowest BCUT2D eigenvalue weighted by molar-refractivity contribution is 0.222. The van der Waals surface area contributed by atoms with E-state index in [1.54, 1.807) is 0 Å². The summed E-state index contributed by atoms with van der Waals surface area (Å²) in [4.78, 5) is 13.8. The van der Waals surface area contributed by atoms with Crippen molar-refractivity contribution in [1.82, 2.24) is 10.2 Å². The maximum atomic E-state index is 11.9. The van der Waals surface area contributed by atoms with Gasteiger partial charge in [0.15, 0.2) is 0 Å². The highest BCUT2D eigenvalue weighted by molar-refractivity contribution is 5.89. The van der Waals surface area contributed by atoms with Crippen LogP contribution in [0.5, 0.6) is 0 Å². The summed E-state index contributed by atoms with van der Waals surface area (Å²) in [5, 5.41) is 6.27. The molecule has 1 aromatic rings. The molecule has 0 aliphatic carbocycles. The average molecular weight is 231 g/mol. The van der Waals surface area contributed by atoms with Crippen molar-refractivity contribution in [3.05, 3.63) is 29.3 Å². The lowest BCUT2D eigenvalue weighted by Gasteiger charge is -2.16. The lowest BCUT2D eigenvalue weighted by atomic mass is 10.1. The molecule has 0 atom stereocenters. The zero-order valence-corrected chi connectivity index (χ0v) is 9.83. The number of carbonyl (C=O) groups is 1. The Balaban J connectivity index is 1.70. The minimum absolute atomic E-state index is 0.0356. The zero-order valence-electron chi connectivity index (χ0n) is 9.83. The maximum absolute atomic E-state index is 11.9. The fourth-order valence-electron chi connectivity index (χ4n) is 2.50. The van der Waals surface area contributed by atoms with Gasteiger partial charge in [0.05, 0.1) is 0 Å². The summed E-state index contributed by atoms with van der Waals surface area (Å²) in [6.07, 6.45) is 2.25. The van der Waals surface area contributed by atoms with Crippen LogP contribution in [0.15, 0.2) is 18.2 Å². The van der Waals surface area contributed by atoms with Crippen molar-refractivity contribution in [3.8, 4) is 0 Å². The molecular formula is C13H17N3O. The summed E-state index contributed by atoms with van der Waals surface area (Å²) in [5.74, 6) is 0. The number of nitrogens with one attached hydrogen (secondary N) is 2. The van der Waals surface area contributed by atoms with Gasteiger partial charge in [0.2, 0.25) is 0 Å². The van der Waals surface area contributed by atoms with E-state index in [1.807, 2.05) is 11.0 Å². The molecule has 90 valence electrons. The van der Waals surface area contributed by atoms with Crippen molar-refractivity contribution in [2.24, 2.45) is 0 Å². The van der Waals surface area contributed by atoms with E-state index in [0.717, 1.165) is 44.7 Å². The van der Waals surface area contributed by atoms with Crippen molar-refractivity contribution in [1.29, 1.82) is 0 Å². The molecule has 0 saturated carbocycles. The molecule has 2 aliphatic heterocycles. The SMILES string of the molecule is O=C(Nc1ccc2c(c1)CNC2)N1CCCC1. The Morgan fingerprint density at radius 1 is 1.18 bits per heavy atom. The first-order chi connectivity index (χ1) is 8.33. The van der Waals surface area contributed by atoms with Gasteiger partial charge in [0, 0.05) is 31.9 Å². The van der Waals surface area contributed by atoms with E-state index in [9.17, 15) is 4.79 Å². The van der Waals surface area contributed by atoms with Gasteiger partial charge in [-0.1, -0.05) is 6.07 Å². The maximum Gasteiger partial charge on any atom is 0.321 e. The second-order valence-corrected chi connectivity index (χ2v) is 4.71. The molecule has 1 aromatic carbocycles. The van der Waals surface area contributed by atoms with Crippen LogP contribution in [-0.4, -0.2) is 24.0 Å². The number of benzene rings is 1. The van der Waals surface area contributed by atoms with Crippen LogP contribution in [0, 0.1) is 0 Å². The highest BCUT2D eigenvalue weighted by Crippen LogP contribution is 2.20. The number of hydrogen-bond donors (Lipinski definition) is 2. The number of rotatable bonds is 1. The predicted molar refractivity (Wildman–Crippen MR) is 66.8 cm³/mol. The van der Waals surface area contributed by atoms with Gasteiger partial charge < -0.3 is 15.5 Å². The smallest absolute Gasteiger partial charge is 0.321 e. The van der Waals surface area contributed by atoms with Crippen molar-refractivity contribution >= 4 is 11.7 Å². The van der Waals surface area contributed by atoms with Crippen LogP contribution in [0.25, 0.3) is 0 Å². The zero-order chi connectivity index (χ0) is 11.7. The first-order valence-corrected chi connectivity index (χ1v) is 6.21. The molecule has 4 heteroatoms. The number of carbonyl (C=O) groups excluding carboxylic acids is 1. The summed E-state index contributed by atoms with van der Waals surface area (Å²) in [6, 6.07) is 6.19. The van der Waals surface area contributed by atoms with E-state index >= 15 is 0 Å². The molecule has 3 rings (SSSR count). The molecule has 2 heterocycles. The number of nitrogens with zero attached hydrogens (tertiary/aromatic N) is 1. The van der Waals surface area contributed by atoms with Crippen LogP contribution in [0.4, 0.5) is 10.5 Å². The molecule has 0 spiro atoms. The highest BCUT2D eigenvalue weighted by Gasteiger charge is 2.18. The van der Waals surface area contributed by atoms with Gasteiger partial charge in [0.1, 0.15) is 0 Å². The molecular weight excluding hydrogens is 214 g/mol. The Hall–Kier alpha value is -1.55. The molecule has 17 heavy (non-hydrogen) atoms. The first-order valence-electron chi connectivity index (χ1n) is 6.21. The molecule has 0 bridgehead atoms. The summed E-state index contributed by atoms with van der Waals surface area (Å²) in [6.45, 7) is 3.62. The summed E-state index contributed by atoms with van der Waals surface area (Å²) < 4.78 is 0. The monoisotopic (exact) mass is 231 g/mol. The fourth-order valence-corrected chi connectivity index (χ4v) is 2.50. The Bertz CT molecular complexity index is 438. The molecule has 0 unspecified atom stereocenters. The summed E-state index contributed by atoms with van der Waals surface area (Å²) in [7, 11) is 0. The lowest BCUT2D eigenvalue weighted by Crippen LogP contribution is -2.32. The van der Waals surface area contributed by atoms with E-state index in [0.29, 0.717) is 0 Å². The summed E-state index contributed by atoms with van der Waals surface area (Å²) in [5.41, 5.74) is 3.54. The number of anilines is 1. The molecule has 1 fully saturated rings.